The molecule has 1 aliphatic heterocycles. The Kier molecular flexibility index (Phi) is 7.98. The Labute approximate surface area is 208 Å². The van der Waals surface area contributed by atoms with Crippen LogP contribution < -0.4 is 19.1 Å². The van der Waals surface area contributed by atoms with Crippen molar-refractivity contribution in [1.29, 1.82) is 0 Å². The molecule has 2 heterocycles. The number of benzene rings is 1. The Morgan fingerprint density at radius 3 is 2.23 bits per heavy atom. The maximum atomic E-state index is 13.7. The van der Waals surface area contributed by atoms with E-state index in [1.165, 1.54) is 25.7 Å². The fourth-order valence-corrected chi connectivity index (χ4v) is 5.33. The number of ether oxygens (including phenoxy) is 3. The number of piperidine rings is 1. The Bertz CT molecular complexity index is 1010. The molecule has 2 aromatic rings. The number of hydrogen-bond acceptors (Lipinski definition) is 7. The van der Waals surface area contributed by atoms with Gasteiger partial charge in [0.05, 0.1) is 21.3 Å². The van der Waals surface area contributed by atoms with Gasteiger partial charge in [-0.2, -0.15) is 0 Å². The van der Waals surface area contributed by atoms with Gasteiger partial charge in [0.25, 0.3) is 5.91 Å². The molecule has 2 fully saturated rings. The third-order valence-corrected chi connectivity index (χ3v) is 7.44. The van der Waals surface area contributed by atoms with Crippen LogP contribution in [0.1, 0.15) is 68.6 Å². The second-order valence-electron chi connectivity index (χ2n) is 9.59. The third kappa shape index (κ3) is 5.16. The van der Waals surface area contributed by atoms with Gasteiger partial charge in [-0.05, 0) is 51.2 Å². The van der Waals surface area contributed by atoms with Crippen LogP contribution >= 0.6 is 0 Å². The molecule has 1 atom stereocenters. The van der Waals surface area contributed by atoms with Gasteiger partial charge in [-0.1, -0.05) is 19.3 Å². The molecule has 8 heteroatoms. The summed E-state index contributed by atoms with van der Waals surface area (Å²) < 4.78 is 16.5. The van der Waals surface area contributed by atoms with E-state index in [-0.39, 0.29) is 11.9 Å². The summed E-state index contributed by atoms with van der Waals surface area (Å²) in [5.41, 5.74) is 1.31. The van der Waals surface area contributed by atoms with E-state index in [0.717, 1.165) is 37.8 Å². The zero-order chi connectivity index (χ0) is 24.9. The summed E-state index contributed by atoms with van der Waals surface area (Å²) >= 11 is 0. The minimum absolute atomic E-state index is 0.00103. The van der Waals surface area contributed by atoms with Crippen LogP contribution in [0, 0.1) is 0 Å². The van der Waals surface area contributed by atoms with E-state index in [9.17, 15) is 4.79 Å². The van der Waals surface area contributed by atoms with Crippen LogP contribution in [-0.2, 0) is 0 Å². The van der Waals surface area contributed by atoms with Gasteiger partial charge in [-0.3, -0.25) is 4.79 Å². The normalized spacial score (nSPS) is 18.8. The maximum Gasteiger partial charge on any atom is 0.259 e. The molecule has 0 N–H and O–H groups in total. The molecule has 0 unspecified atom stereocenters. The number of carbonyl (C=O) groups excluding carboxylic acids is 1. The van der Waals surface area contributed by atoms with Crippen LogP contribution in [0.4, 0.5) is 5.82 Å². The molecule has 1 saturated carbocycles. The largest absolute Gasteiger partial charge is 0.493 e. The van der Waals surface area contributed by atoms with Crippen LogP contribution in [0.3, 0.4) is 0 Å². The van der Waals surface area contributed by atoms with Gasteiger partial charge in [-0.15, -0.1) is 0 Å². The van der Waals surface area contributed by atoms with Gasteiger partial charge in [0, 0.05) is 37.4 Å². The molecule has 1 aromatic heterocycles. The number of nitrogens with zero attached hydrogens (tertiary/aromatic N) is 4. The molecule has 2 aliphatic rings. The van der Waals surface area contributed by atoms with Gasteiger partial charge in [0.2, 0.25) is 5.75 Å². The Morgan fingerprint density at radius 1 is 0.971 bits per heavy atom. The molecule has 0 bridgehead atoms. The Balaban J connectivity index is 1.77. The average molecular weight is 483 g/mol. The Morgan fingerprint density at radius 2 is 1.63 bits per heavy atom. The third-order valence-electron chi connectivity index (χ3n) is 7.44. The summed E-state index contributed by atoms with van der Waals surface area (Å²) in [4.78, 5) is 27.5. The highest BCUT2D eigenvalue weighted by molar-refractivity contribution is 5.99. The summed E-state index contributed by atoms with van der Waals surface area (Å²) in [7, 11) is 6.68. The summed E-state index contributed by atoms with van der Waals surface area (Å²) in [6, 6.07) is 4.27. The number of aromatic nitrogens is 2. The van der Waals surface area contributed by atoms with Gasteiger partial charge < -0.3 is 24.0 Å². The average Bonchev–Trinajstić information content (AvgIpc) is 2.91. The first kappa shape index (κ1) is 25.1. The van der Waals surface area contributed by atoms with Crippen LogP contribution in [0.2, 0.25) is 0 Å². The predicted octanol–water partition coefficient (Wildman–Crippen LogP) is 4.95. The van der Waals surface area contributed by atoms with E-state index in [1.807, 2.05) is 24.1 Å². The van der Waals surface area contributed by atoms with Crippen LogP contribution in [0.15, 0.2) is 18.3 Å². The monoisotopic (exact) mass is 482 g/mol. The number of anilines is 1. The summed E-state index contributed by atoms with van der Waals surface area (Å²) in [5.74, 6) is 2.83. The minimum atomic E-state index is 0.00103. The predicted molar refractivity (Wildman–Crippen MR) is 137 cm³/mol. The molecule has 8 nitrogen and oxygen atoms in total. The molecular weight excluding hydrogens is 444 g/mol. The SMILES string of the molecule is COc1cc(-c2ncc(C(=O)N(C)C3CCCCC3)c(N3CCCC[C@@H]3C)n2)cc(OC)c1OC. The highest BCUT2D eigenvalue weighted by Crippen LogP contribution is 2.41. The van der Waals surface area contributed by atoms with E-state index < -0.39 is 0 Å². The summed E-state index contributed by atoms with van der Waals surface area (Å²) in [6.45, 7) is 3.08. The lowest BCUT2D eigenvalue weighted by atomic mass is 9.94. The van der Waals surface area contributed by atoms with E-state index in [2.05, 4.69) is 16.8 Å². The fraction of sp³-hybridized carbons (Fsp3) is 0.593. The fourth-order valence-electron chi connectivity index (χ4n) is 5.33. The number of carbonyl (C=O) groups is 1. The second kappa shape index (κ2) is 11.1. The van der Waals surface area contributed by atoms with Crippen LogP contribution in [0.25, 0.3) is 11.4 Å². The van der Waals surface area contributed by atoms with Crippen molar-refractivity contribution >= 4 is 11.7 Å². The van der Waals surface area contributed by atoms with Crippen molar-refractivity contribution < 1.29 is 19.0 Å². The number of methoxy groups -OCH3 is 3. The zero-order valence-corrected chi connectivity index (χ0v) is 21.7. The molecule has 1 aromatic carbocycles. The molecule has 4 rings (SSSR count). The first-order valence-corrected chi connectivity index (χ1v) is 12.7. The quantitative estimate of drug-likeness (QED) is 0.552. The lowest BCUT2D eigenvalue weighted by molar-refractivity contribution is 0.0696. The van der Waals surface area contributed by atoms with Crippen molar-refractivity contribution in [3.8, 4) is 28.6 Å². The molecule has 1 amide bonds. The molecule has 1 aliphatic carbocycles. The van der Waals surface area contributed by atoms with Crippen molar-refractivity contribution in [1.82, 2.24) is 14.9 Å². The first-order chi connectivity index (χ1) is 17.0. The van der Waals surface area contributed by atoms with Gasteiger partial charge in [0.1, 0.15) is 11.4 Å². The molecular formula is C27H38N4O4. The van der Waals surface area contributed by atoms with Crippen molar-refractivity contribution in [2.24, 2.45) is 0 Å². The lowest BCUT2D eigenvalue weighted by Gasteiger charge is -2.37. The van der Waals surface area contributed by atoms with Gasteiger partial charge in [0.15, 0.2) is 17.3 Å². The highest BCUT2D eigenvalue weighted by atomic mass is 16.5. The van der Waals surface area contributed by atoms with Gasteiger partial charge in [-0.25, -0.2) is 9.97 Å². The van der Waals surface area contributed by atoms with Crippen molar-refractivity contribution in [2.75, 3.05) is 39.8 Å². The standard InChI is InChI=1S/C27H38N4O4/c1-18-11-9-10-14-31(18)26-21(27(32)30(2)20-12-7-6-8-13-20)17-28-25(29-26)19-15-22(33-3)24(35-5)23(16-19)34-4/h15-18,20H,6-14H2,1-5H3/t18-/m0/s1. The summed E-state index contributed by atoms with van der Waals surface area (Å²) in [5, 5.41) is 0. The van der Waals surface area contributed by atoms with Gasteiger partial charge >= 0.3 is 0 Å². The second-order valence-corrected chi connectivity index (χ2v) is 9.59. The van der Waals surface area contributed by atoms with E-state index in [4.69, 9.17) is 19.2 Å². The lowest BCUT2D eigenvalue weighted by Crippen LogP contribution is -2.42. The van der Waals surface area contributed by atoms with Crippen molar-refractivity contribution in [2.45, 2.75) is 70.4 Å². The number of hydrogen-bond donors (Lipinski definition) is 0. The Hall–Kier alpha value is -3.03. The first-order valence-electron chi connectivity index (χ1n) is 12.7. The molecule has 35 heavy (non-hydrogen) atoms. The topological polar surface area (TPSA) is 77.0 Å². The summed E-state index contributed by atoms with van der Waals surface area (Å²) in [6.07, 6.45) is 10.8. The molecule has 0 spiro atoms. The molecule has 190 valence electrons. The minimum Gasteiger partial charge on any atom is -0.493 e. The number of amides is 1. The number of rotatable bonds is 7. The van der Waals surface area contributed by atoms with Crippen LogP contribution in [0.5, 0.6) is 17.2 Å². The highest BCUT2D eigenvalue weighted by Gasteiger charge is 2.30. The molecule has 0 radical (unpaired) electrons. The maximum absolute atomic E-state index is 13.7. The molecule has 1 saturated heterocycles. The zero-order valence-electron chi connectivity index (χ0n) is 21.7. The van der Waals surface area contributed by atoms with E-state index in [0.29, 0.717) is 40.5 Å². The van der Waals surface area contributed by atoms with E-state index >= 15 is 0 Å². The van der Waals surface area contributed by atoms with Crippen molar-refractivity contribution in [3.05, 3.63) is 23.9 Å². The van der Waals surface area contributed by atoms with Crippen molar-refractivity contribution in [3.63, 3.8) is 0 Å². The smallest absolute Gasteiger partial charge is 0.259 e. The van der Waals surface area contributed by atoms with Crippen LogP contribution in [-0.4, -0.2) is 67.8 Å². The van der Waals surface area contributed by atoms with E-state index in [1.54, 1.807) is 27.5 Å².